The summed E-state index contributed by atoms with van der Waals surface area (Å²) in [5, 5.41) is 15.5. The van der Waals surface area contributed by atoms with Gasteiger partial charge in [0, 0.05) is 49.1 Å². The summed E-state index contributed by atoms with van der Waals surface area (Å²) in [6.45, 7) is 8.13. The Labute approximate surface area is 263 Å². The zero-order valence-electron chi connectivity index (χ0n) is 25.7. The van der Waals surface area contributed by atoms with Crippen LogP contribution >= 0.6 is 11.6 Å². The molecule has 2 heterocycles. The van der Waals surface area contributed by atoms with Gasteiger partial charge in [-0.15, -0.1) is 0 Å². The summed E-state index contributed by atoms with van der Waals surface area (Å²) in [6, 6.07) is 29.1. The number of hydrogen-bond donors (Lipinski definition) is 2. The van der Waals surface area contributed by atoms with Gasteiger partial charge in [-0.1, -0.05) is 91.3 Å². The zero-order valence-corrected chi connectivity index (χ0v) is 26.4. The first-order valence-corrected chi connectivity index (χ1v) is 16.6. The number of nitrogens with zero attached hydrogens (tertiary/aromatic N) is 2. The predicted molar refractivity (Wildman–Crippen MR) is 176 cm³/mol. The summed E-state index contributed by atoms with van der Waals surface area (Å²) in [5.41, 5.74) is 2.14. The van der Waals surface area contributed by atoms with Crippen LogP contribution < -0.4 is 5.32 Å². The topological polar surface area (TPSA) is 55.8 Å². The fourth-order valence-corrected chi connectivity index (χ4v) is 7.36. The summed E-state index contributed by atoms with van der Waals surface area (Å²) in [4.78, 5) is 18.8. The van der Waals surface area contributed by atoms with E-state index in [2.05, 4.69) is 82.7 Å². The molecule has 0 radical (unpaired) electrons. The third kappa shape index (κ3) is 8.07. The minimum Gasteiger partial charge on any atom is -0.385 e. The van der Waals surface area contributed by atoms with Gasteiger partial charge in [0.05, 0.1) is 5.60 Å². The van der Waals surface area contributed by atoms with Gasteiger partial charge in [0.25, 0.3) is 0 Å². The number of benzene rings is 3. The summed E-state index contributed by atoms with van der Waals surface area (Å²) in [5.74, 6) is 0.146. The molecule has 1 amide bonds. The Bertz CT molecular complexity index is 1230. The number of piperidine rings is 2. The number of halogens is 1. The number of amides is 1. The van der Waals surface area contributed by atoms with Gasteiger partial charge < -0.3 is 20.2 Å². The van der Waals surface area contributed by atoms with Gasteiger partial charge in [-0.3, -0.25) is 4.79 Å². The molecule has 43 heavy (non-hydrogen) atoms. The summed E-state index contributed by atoms with van der Waals surface area (Å²) < 4.78 is 0. The highest BCUT2D eigenvalue weighted by atomic mass is 35.5. The van der Waals surface area contributed by atoms with Crippen LogP contribution in [0.3, 0.4) is 0 Å². The normalized spacial score (nSPS) is 18.4. The van der Waals surface area contributed by atoms with Crippen molar-refractivity contribution in [3.05, 3.63) is 107 Å². The maximum atomic E-state index is 13.8. The molecule has 2 fully saturated rings. The van der Waals surface area contributed by atoms with E-state index in [0.717, 1.165) is 70.5 Å². The molecule has 0 spiro atoms. The van der Waals surface area contributed by atoms with Crippen molar-refractivity contribution in [3.63, 3.8) is 0 Å². The third-order valence-electron chi connectivity index (χ3n) is 9.75. The van der Waals surface area contributed by atoms with E-state index in [-0.39, 0.29) is 11.9 Å². The van der Waals surface area contributed by atoms with Crippen LogP contribution in [0, 0.1) is 0 Å². The Balaban J connectivity index is 1.27. The monoisotopic (exact) mass is 601 g/mol. The average molecular weight is 602 g/mol. The van der Waals surface area contributed by atoms with E-state index in [1.54, 1.807) is 0 Å². The molecule has 3 aromatic carbocycles. The first-order chi connectivity index (χ1) is 20.9. The van der Waals surface area contributed by atoms with E-state index in [9.17, 15) is 9.90 Å². The molecule has 2 aliphatic rings. The van der Waals surface area contributed by atoms with E-state index < -0.39 is 11.0 Å². The maximum Gasteiger partial charge on any atom is 0.221 e. The molecule has 230 valence electrons. The smallest absolute Gasteiger partial charge is 0.221 e. The van der Waals surface area contributed by atoms with Crippen LogP contribution in [0.15, 0.2) is 84.9 Å². The van der Waals surface area contributed by atoms with Gasteiger partial charge in [-0.25, -0.2) is 0 Å². The molecule has 0 bridgehead atoms. The van der Waals surface area contributed by atoms with Crippen LogP contribution in [-0.2, 0) is 15.8 Å². The van der Waals surface area contributed by atoms with Crippen molar-refractivity contribution in [1.82, 2.24) is 15.1 Å². The van der Waals surface area contributed by atoms with Gasteiger partial charge in [-0.05, 0) is 86.9 Å². The van der Waals surface area contributed by atoms with Crippen LogP contribution in [0.2, 0.25) is 5.02 Å². The Morgan fingerprint density at radius 2 is 1.42 bits per heavy atom. The fraction of sp³-hybridized carbons (Fsp3) is 0.486. The second kappa shape index (κ2) is 14.9. The highest BCUT2D eigenvalue weighted by molar-refractivity contribution is 6.30. The Hall–Kier alpha value is -2.70. The van der Waals surface area contributed by atoms with Crippen LogP contribution in [0.25, 0.3) is 0 Å². The van der Waals surface area contributed by atoms with E-state index in [1.807, 2.05) is 24.3 Å². The lowest BCUT2D eigenvalue weighted by atomic mass is 9.68. The van der Waals surface area contributed by atoms with Crippen LogP contribution in [0.1, 0.15) is 75.0 Å². The molecule has 2 saturated heterocycles. The fourth-order valence-electron chi connectivity index (χ4n) is 7.23. The van der Waals surface area contributed by atoms with Crippen molar-refractivity contribution in [2.45, 2.75) is 75.3 Å². The van der Waals surface area contributed by atoms with Crippen molar-refractivity contribution < 1.29 is 9.90 Å². The first-order valence-electron chi connectivity index (χ1n) is 16.2. The Morgan fingerprint density at radius 3 is 1.98 bits per heavy atom. The molecule has 6 heteroatoms. The largest absolute Gasteiger partial charge is 0.385 e. The molecular formula is C37H48ClN3O2. The maximum absolute atomic E-state index is 13.8. The standard InChI is InChI=1S/C37H48ClN3O2/c1-2-23-40-25-18-34(19-26-40)39-35(42)29-36(30-10-5-3-6-11-30,31-12-7-4-8-13-31)20-9-24-41-27-21-37(43,22-28-41)32-14-16-33(38)17-15-32/h3-8,10-17,34,43H,2,9,18-29H2,1H3,(H,39,42). The van der Waals surface area contributed by atoms with Gasteiger partial charge >= 0.3 is 0 Å². The second-order valence-corrected chi connectivity index (χ2v) is 13.1. The number of carbonyl (C=O) groups excluding carboxylic acids is 1. The Kier molecular flexibility index (Phi) is 11.0. The SMILES string of the molecule is CCCN1CCC(NC(=O)CC(CCCN2CCC(O)(c3ccc(Cl)cc3)CC2)(c2ccccc2)c2ccccc2)CC1. The highest BCUT2D eigenvalue weighted by Gasteiger charge is 2.38. The minimum absolute atomic E-state index is 0.146. The number of hydrogen-bond acceptors (Lipinski definition) is 4. The Morgan fingerprint density at radius 1 is 0.860 bits per heavy atom. The summed E-state index contributed by atoms with van der Waals surface area (Å²) in [7, 11) is 0. The molecule has 0 saturated carbocycles. The number of aliphatic hydroxyl groups is 1. The molecule has 5 rings (SSSR count). The van der Waals surface area contributed by atoms with Gasteiger partial charge in [0.15, 0.2) is 0 Å². The van der Waals surface area contributed by atoms with Crippen molar-refractivity contribution in [2.24, 2.45) is 0 Å². The van der Waals surface area contributed by atoms with Crippen LogP contribution in [0.5, 0.6) is 0 Å². The van der Waals surface area contributed by atoms with Crippen LogP contribution in [0.4, 0.5) is 0 Å². The molecule has 2 N–H and O–H groups in total. The predicted octanol–water partition coefficient (Wildman–Crippen LogP) is 6.77. The minimum atomic E-state index is -0.802. The van der Waals surface area contributed by atoms with E-state index in [0.29, 0.717) is 24.3 Å². The number of rotatable bonds is 12. The molecule has 0 aromatic heterocycles. The van der Waals surface area contributed by atoms with Crippen molar-refractivity contribution >= 4 is 17.5 Å². The molecule has 5 nitrogen and oxygen atoms in total. The molecule has 2 aliphatic heterocycles. The molecule has 0 aliphatic carbocycles. The molecule has 3 aromatic rings. The summed E-state index contributed by atoms with van der Waals surface area (Å²) in [6.07, 6.45) is 6.90. The second-order valence-electron chi connectivity index (χ2n) is 12.7. The van der Waals surface area contributed by atoms with Crippen molar-refractivity contribution in [1.29, 1.82) is 0 Å². The molecule has 0 atom stereocenters. The number of carbonyl (C=O) groups is 1. The first kappa shape index (κ1) is 31.7. The van der Waals surface area contributed by atoms with Crippen molar-refractivity contribution in [3.8, 4) is 0 Å². The van der Waals surface area contributed by atoms with E-state index in [1.165, 1.54) is 17.5 Å². The lowest BCUT2D eigenvalue weighted by molar-refractivity contribution is -0.123. The molecular weight excluding hydrogens is 554 g/mol. The van der Waals surface area contributed by atoms with Crippen LogP contribution in [-0.4, -0.2) is 66.1 Å². The lowest BCUT2D eigenvalue weighted by Gasteiger charge is -2.40. The number of nitrogens with one attached hydrogen (secondary N) is 1. The lowest BCUT2D eigenvalue weighted by Crippen LogP contribution is -2.46. The molecule has 0 unspecified atom stereocenters. The average Bonchev–Trinajstić information content (AvgIpc) is 3.04. The number of likely N-dealkylation sites (tertiary alicyclic amines) is 2. The highest BCUT2D eigenvalue weighted by Crippen LogP contribution is 2.41. The van der Waals surface area contributed by atoms with Gasteiger partial charge in [0.2, 0.25) is 5.91 Å². The van der Waals surface area contributed by atoms with Crippen molar-refractivity contribution in [2.75, 3.05) is 39.3 Å². The van der Waals surface area contributed by atoms with Gasteiger partial charge in [-0.2, -0.15) is 0 Å². The van der Waals surface area contributed by atoms with Gasteiger partial charge in [0.1, 0.15) is 0 Å². The van der Waals surface area contributed by atoms with E-state index >= 15 is 0 Å². The quantitative estimate of drug-likeness (QED) is 0.241. The zero-order chi connectivity index (χ0) is 30.1. The summed E-state index contributed by atoms with van der Waals surface area (Å²) >= 11 is 6.08. The van der Waals surface area contributed by atoms with E-state index in [4.69, 9.17) is 11.6 Å². The third-order valence-corrected chi connectivity index (χ3v) is 10.0.